The molecule has 5 aliphatic heterocycles. The number of hydrogen-bond acceptors (Lipinski definition) is 26. The van der Waals surface area contributed by atoms with E-state index in [0.717, 1.165) is 66.6 Å². The van der Waals surface area contributed by atoms with Crippen molar-refractivity contribution in [3.63, 3.8) is 0 Å². The van der Waals surface area contributed by atoms with Gasteiger partial charge in [-0.15, -0.1) is 0 Å². The summed E-state index contributed by atoms with van der Waals surface area (Å²) in [5.74, 6) is 1.72. The van der Waals surface area contributed by atoms with E-state index in [2.05, 4.69) is 9.97 Å². The summed E-state index contributed by atoms with van der Waals surface area (Å²) in [6, 6.07) is 41.1. The Balaban J connectivity index is 0.817. The molecule has 12 rings (SSSR count). The van der Waals surface area contributed by atoms with Crippen molar-refractivity contribution in [2.24, 2.45) is 0 Å². The quantitative estimate of drug-likeness (QED) is 0.0278. The van der Waals surface area contributed by atoms with Gasteiger partial charge in [0.2, 0.25) is 0 Å². The lowest BCUT2D eigenvalue weighted by molar-refractivity contribution is -0.302. The van der Waals surface area contributed by atoms with E-state index in [9.17, 15) is 61.3 Å². The van der Waals surface area contributed by atoms with Gasteiger partial charge in [0.05, 0.1) is 102 Å². The number of fused-ring (bicyclic) bond motifs is 8. The van der Waals surface area contributed by atoms with Crippen LogP contribution in [-0.2, 0) is 42.6 Å². The summed E-state index contributed by atoms with van der Waals surface area (Å²) in [5, 5.41) is 120. The summed E-state index contributed by atoms with van der Waals surface area (Å²) in [6.07, 6.45) is -12.8. The van der Waals surface area contributed by atoms with Crippen LogP contribution >= 0.6 is 0 Å². The highest BCUT2D eigenvalue weighted by Gasteiger charge is 2.46. The third-order valence-corrected chi connectivity index (χ3v) is 17.8. The number of aliphatic hydroxyl groups excluding tert-OH is 12. The highest BCUT2D eigenvalue weighted by Crippen LogP contribution is 2.40. The second kappa shape index (κ2) is 35.0. The van der Waals surface area contributed by atoms with E-state index in [1.54, 1.807) is 0 Å². The van der Waals surface area contributed by atoms with Crippen LogP contribution in [0.5, 0.6) is 17.2 Å². The Kier molecular flexibility index (Phi) is 25.3. The smallest absolute Gasteiger partial charge is 0.186 e. The molecule has 3 fully saturated rings. The van der Waals surface area contributed by atoms with E-state index < -0.39 is 112 Å². The number of nitrogens with zero attached hydrogens (tertiary/aromatic N) is 2. The molecule has 0 spiro atoms. The second-order valence-electron chi connectivity index (χ2n) is 24.5. The van der Waals surface area contributed by atoms with Gasteiger partial charge in [-0.1, -0.05) is 66.7 Å². The van der Waals surface area contributed by atoms with Crippen molar-refractivity contribution in [1.82, 2.24) is 19.9 Å². The molecule has 5 aliphatic rings. The molecule has 28 nitrogen and oxygen atoms in total. The molecule has 3 saturated heterocycles. The summed E-state index contributed by atoms with van der Waals surface area (Å²) in [6.45, 7) is -0.327. The predicted molar refractivity (Wildman–Crippen MR) is 369 cm³/mol. The van der Waals surface area contributed by atoms with Gasteiger partial charge in [0.15, 0.2) is 18.9 Å². The molecule has 28 heteroatoms. The van der Waals surface area contributed by atoms with Crippen LogP contribution in [-0.4, -0.2) is 272 Å². The first-order valence-electron chi connectivity index (χ1n) is 33.6. The first kappa shape index (κ1) is 73.8. The third kappa shape index (κ3) is 17.3. The maximum atomic E-state index is 10.3. The van der Waals surface area contributed by atoms with Crippen LogP contribution in [0.25, 0.3) is 90.9 Å². The zero-order chi connectivity index (χ0) is 71.2. The summed E-state index contributed by atoms with van der Waals surface area (Å²) in [5.41, 5.74) is 12.4. The number of hydrogen-bond donors (Lipinski definition) is 14. The van der Waals surface area contributed by atoms with Crippen LogP contribution in [0.15, 0.2) is 127 Å². The van der Waals surface area contributed by atoms with Crippen LogP contribution in [0.4, 0.5) is 0 Å². The lowest BCUT2D eigenvalue weighted by Crippen LogP contribution is -2.59. The van der Waals surface area contributed by atoms with Crippen molar-refractivity contribution < 1.29 is 118 Å². The molecule has 102 heavy (non-hydrogen) atoms. The Labute approximate surface area is 585 Å². The number of aromatic amines is 2. The van der Waals surface area contributed by atoms with E-state index >= 15 is 0 Å². The predicted octanol–water partition coefficient (Wildman–Crippen LogP) is 2.96. The van der Waals surface area contributed by atoms with Crippen LogP contribution in [0, 0.1) is 0 Å². The Morgan fingerprint density at radius 1 is 0.294 bits per heavy atom. The van der Waals surface area contributed by atoms with Gasteiger partial charge in [-0.25, -0.2) is 9.97 Å². The average molecular weight is 1410 g/mol. The Hall–Kier alpha value is -7.96. The lowest BCUT2D eigenvalue weighted by Gasteiger charge is -2.39. The second-order valence-corrected chi connectivity index (χ2v) is 24.5. The van der Waals surface area contributed by atoms with Crippen molar-refractivity contribution in [1.29, 1.82) is 0 Å². The van der Waals surface area contributed by atoms with E-state index in [4.69, 9.17) is 66.8 Å². The van der Waals surface area contributed by atoms with Gasteiger partial charge in [-0.05, 0) is 107 Å². The van der Waals surface area contributed by atoms with E-state index in [0.29, 0.717) is 40.0 Å². The minimum Gasteiger partial charge on any atom is -0.491 e. The molecule has 14 N–H and O–H groups in total. The summed E-state index contributed by atoms with van der Waals surface area (Å²) < 4.78 is 68.4. The molecule has 0 unspecified atom stereocenters. The van der Waals surface area contributed by atoms with Crippen molar-refractivity contribution in [2.75, 3.05) is 99.1 Å². The molecular formula is C74H84N4O24. The lowest BCUT2D eigenvalue weighted by atomic mass is 9.99. The van der Waals surface area contributed by atoms with E-state index in [1.165, 1.54) is 0 Å². The fraction of sp³-hybridized carbons (Fsp3) is 0.405. The zero-order valence-corrected chi connectivity index (χ0v) is 55.4. The van der Waals surface area contributed by atoms with Gasteiger partial charge in [0.25, 0.3) is 0 Å². The topological polar surface area (TPSA) is 411 Å². The maximum absolute atomic E-state index is 10.3. The van der Waals surface area contributed by atoms with Crippen molar-refractivity contribution >= 4 is 46.4 Å². The van der Waals surface area contributed by atoms with Crippen LogP contribution in [0.2, 0.25) is 0 Å². The Morgan fingerprint density at radius 2 is 0.559 bits per heavy atom. The van der Waals surface area contributed by atoms with Gasteiger partial charge in [-0.2, -0.15) is 0 Å². The average Bonchev–Trinajstić information content (AvgIpc) is 1.62. The zero-order valence-electron chi connectivity index (χ0n) is 55.4. The largest absolute Gasteiger partial charge is 0.491 e. The maximum Gasteiger partial charge on any atom is 0.186 e. The third-order valence-electron chi connectivity index (χ3n) is 17.8. The van der Waals surface area contributed by atoms with Gasteiger partial charge in [0.1, 0.15) is 110 Å². The number of H-pyrrole nitrogens is 2. The van der Waals surface area contributed by atoms with Crippen LogP contribution in [0.3, 0.4) is 0 Å². The highest BCUT2D eigenvalue weighted by atomic mass is 16.7. The fourth-order valence-corrected chi connectivity index (χ4v) is 12.4. The fourth-order valence-electron chi connectivity index (χ4n) is 12.4. The Morgan fingerprint density at radius 3 is 0.833 bits per heavy atom. The first-order chi connectivity index (χ1) is 49.7. The van der Waals surface area contributed by atoms with Gasteiger partial charge >= 0.3 is 0 Å². The molecule has 8 bridgehead atoms. The van der Waals surface area contributed by atoms with Crippen LogP contribution < -0.4 is 14.2 Å². The number of ether oxygens (including phenoxy) is 12. The Bertz CT molecular complexity index is 3990. The normalized spacial score (nSPS) is 25.6. The van der Waals surface area contributed by atoms with Gasteiger partial charge in [-0.3, -0.25) is 0 Å². The molecule has 7 aromatic rings. The summed E-state index contributed by atoms with van der Waals surface area (Å²) in [7, 11) is 0. The van der Waals surface area contributed by atoms with Crippen molar-refractivity contribution in [2.45, 2.75) is 92.1 Å². The van der Waals surface area contributed by atoms with E-state index in [-0.39, 0.29) is 79.3 Å². The summed E-state index contributed by atoms with van der Waals surface area (Å²) in [4.78, 5) is 18.4. The molecule has 3 aromatic heterocycles. The monoisotopic (exact) mass is 1410 g/mol. The molecule has 0 amide bonds. The molecule has 544 valence electrons. The number of nitrogens with one attached hydrogen (secondary N) is 2. The molecule has 8 heterocycles. The molecule has 15 atom stereocenters. The standard InChI is InChI=1S/C74H84N4O24/c79-38-56-63(82)66(85)69(88)72(100-56)97-35-29-91-26-32-94-45-12-6-42(7-13-45)60-50-20-18-48(75-50)59(41-4-2-1-3-5-41)49-19-21-51(76-49)61(43-8-14-46(15-9-43)95-33-27-92-30-36-98-73-70(89)67(86)64(83)57(39-80)101-73)53-23-25-55(78-53)62(54-24-22-52(60)77-54)44-10-16-47(17-11-44)96-34-28-93-31-37-99-74-71(90)68(87)65(84)58(40-81)102-74/h1-25,56-58,63-75,78-90H,26-40H2/t56-,57-,58-,63+,64+,65+,66+,67+,68+,69-,70-,71-,72+,73+,74+/m1/s1. The SMILES string of the molecule is OC[C@H]1O[C@H](OCCOCCOc2ccc(-c3c4nc(c(-c5ccc(OCCOCCO[C@H]6O[C@H](CO)[C@H](O)[C@H](O)[C@H]6O)cc5)c5ccc([nH]5)c(-c5ccc(OCCOCCO[C@H]6O[C@H](CO)[C@H](O)[C@H](O)[C@H]6O)cc5)c5nc(c(-c6ccccc6)c6ccc3[nH]6)C=C5)C=C4)cc2)[C@H](O)[C@@H](O)[C@H]1O. The van der Waals surface area contributed by atoms with E-state index in [1.807, 2.05) is 152 Å². The number of aliphatic hydroxyl groups is 12. The minimum absolute atomic E-state index is 0.00754. The minimum atomic E-state index is -1.56. The first-order valence-corrected chi connectivity index (χ1v) is 33.6. The number of rotatable bonds is 31. The van der Waals surface area contributed by atoms with Crippen molar-refractivity contribution in [3.05, 3.63) is 150 Å². The number of benzene rings is 4. The summed E-state index contributed by atoms with van der Waals surface area (Å²) >= 11 is 0. The number of aromatic nitrogens is 4. The molecule has 0 saturated carbocycles. The molecule has 0 aliphatic carbocycles. The van der Waals surface area contributed by atoms with Crippen LogP contribution in [0.1, 0.15) is 22.8 Å². The molecule has 0 radical (unpaired) electrons. The van der Waals surface area contributed by atoms with Gasteiger partial charge < -0.3 is 128 Å². The molecular weight excluding hydrogens is 1330 g/mol. The highest BCUT2D eigenvalue weighted by molar-refractivity contribution is 6.00. The van der Waals surface area contributed by atoms with Gasteiger partial charge in [0, 0.05) is 44.3 Å². The van der Waals surface area contributed by atoms with Crippen molar-refractivity contribution in [3.8, 4) is 61.8 Å². The molecule has 4 aromatic carbocycles.